The van der Waals surface area contributed by atoms with Crippen LogP contribution in [0.15, 0.2) is 18.2 Å². The Balaban J connectivity index is 2.26. The third kappa shape index (κ3) is 3.22. The molecule has 1 unspecified atom stereocenters. The van der Waals surface area contributed by atoms with Gasteiger partial charge in [-0.15, -0.1) is 0 Å². The quantitative estimate of drug-likeness (QED) is 0.861. The molecule has 1 fully saturated rings. The van der Waals surface area contributed by atoms with Crippen molar-refractivity contribution in [2.24, 2.45) is 5.73 Å². The first-order valence-corrected chi connectivity index (χ1v) is 6.99. The van der Waals surface area contributed by atoms with Gasteiger partial charge in [-0.3, -0.25) is 0 Å². The van der Waals surface area contributed by atoms with E-state index >= 15 is 0 Å². The molecule has 2 N–H and O–H groups in total. The van der Waals surface area contributed by atoms with Gasteiger partial charge in [-0.1, -0.05) is 18.3 Å². The van der Waals surface area contributed by atoms with Gasteiger partial charge in [0.15, 0.2) is 0 Å². The van der Waals surface area contributed by atoms with Crippen LogP contribution < -0.4 is 10.6 Å². The van der Waals surface area contributed by atoms with Gasteiger partial charge in [0.05, 0.1) is 11.7 Å². The highest BCUT2D eigenvalue weighted by atomic mass is 32.1. The minimum atomic E-state index is -0.358. The molecule has 0 bridgehead atoms. The lowest BCUT2D eigenvalue weighted by Gasteiger charge is -2.35. The van der Waals surface area contributed by atoms with Crippen LogP contribution in [0, 0.1) is 5.82 Å². The molecule has 19 heavy (non-hydrogen) atoms. The maximum Gasteiger partial charge on any atom is 0.135 e. The van der Waals surface area contributed by atoms with Crippen molar-refractivity contribution < 1.29 is 9.13 Å². The number of hydrogen-bond donors (Lipinski definition) is 1. The standard InChI is InChI=1S/C14H19FN2OS/c1-2-18-10-5-4-8-17(9-10)12-7-3-6-11(15)13(12)14(16)19/h3,6-7,10H,2,4-5,8-9H2,1H3,(H2,16,19). The minimum Gasteiger partial charge on any atom is -0.389 e. The number of benzene rings is 1. The van der Waals surface area contributed by atoms with Crippen LogP contribution >= 0.6 is 12.2 Å². The van der Waals surface area contributed by atoms with E-state index in [1.807, 2.05) is 13.0 Å². The summed E-state index contributed by atoms with van der Waals surface area (Å²) in [6.07, 6.45) is 2.27. The Bertz CT molecular complexity index is 465. The number of nitrogens with zero attached hydrogens (tertiary/aromatic N) is 1. The van der Waals surface area contributed by atoms with Gasteiger partial charge in [0, 0.05) is 25.4 Å². The van der Waals surface area contributed by atoms with Crippen LogP contribution in [0.3, 0.4) is 0 Å². The van der Waals surface area contributed by atoms with Gasteiger partial charge in [-0.25, -0.2) is 4.39 Å². The van der Waals surface area contributed by atoms with E-state index in [0.29, 0.717) is 12.2 Å². The maximum atomic E-state index is 13.9. The largest absolute Gasteiger partial charge is 0.389 e. The van der Waals surface area contributed by atoms with Crippen molar-refractivity contribution in [1.29, 1.82) is 0 Å². The van der Waals surface area contributed by atoms with E-state index in [9.17, 15) is 4.39 Å². The van der Waals surface area contributed by atoms with Gasteiger partial charge < -0.3 is 15.4 Å². The molecule has 1 aromatic carbocycles. The molecular formula is C14H19FN2OS. The lowest BCUT2D eigenvalue weighted by atomic mass is 10.0. The molecule has 1 saturated heterocycles. The predicted molar refractivity (Wildman–Crippen MR) is 79.1 cm³/mol. The Hall–Kier alpha value is -1.20. The summed E-state index contributed by atoms with van der Waals surface area (Å²) in [5.41, 5.74) is 6.77. The van der Waals surface area contributed by atoms with E-state index in [4.69, 9.17) is 22.7 Å². The van der Waals surface area contributed by atoms with Crippen molar-refractivity contribution in [2.45, 2.75) is 25.9 Å². The van der Waals surface area contributed by atoms with Crippen LogP contribution in [0.2, 0.25) is 0 Å². The Morgan fingerprint density at radius 1 is 1.58 bits per heavy atom. The number of anilines is 1. The summed E-state index contributed by atoms with van der Waals surface area (Å²) < 4.78 is 19.5. The SMILES string of the molecule is CCOC1CCCN(c2cccc(F)c2C(N)=S)C1. The van der Waals surface area contributed by atoms with Gasteiger partial charge in [0.1, 0.15) is 10.8 Å². The van der Waals surface area contributed by atoms with E-state index in [1.54, 1.807) is 6.07 Å². The Labute approximate surface area is 118 Å². The molecule has 0 amide bonds. The summed E-state index contributed by atoms with van der Waals surface area (Å²) in [6, 6.07) is 4.95. The second-order valence-electron chi connectivity index (χ2n) is 4.66. The topological polar surface area (TPSA) is 38.5 Å². The van der Waals surface area contributed by atoms with E-state index in [2.05, 4.69) is 4.90 Å². The molecule has 0 saturated carbocycles. The fourth-order valence-corrected chi connectivity index (χ4v) is 2.75. The molecule has 1 aliphatic rings. The van der Waals surface area contributed by atoms with Crippen LogP contribution in [-0.4, -0.2) is 30.8 Å². The molecule has 1 heterocycles. The summed E-state index contributed by atoms with van der Waals surface area (Å²) >= 11 is 4.97. The normalized spacial score (nSPS) is 19.5. The fourth-order valence-electron chi connectivity index (χ4n) is 2.55. The van der Waals surface area contributed by atoms with Crippen molar-refractivity contribution in [3.63, 3.8) is 0 Å². The van der Waals surface area contributed by atoms with Crippen molar-refractivity contribution in [1.82, 2.24) is 0 Å². The van der Waals surface area contributed by atoms with E-state index in [0.717, 1.165) is 31.6 Å². The zero-order chi connectivity index (χ0) is 13.8. The Kier molecular flexibility index (Phi) is 4.71. The number of piperidine rings is 1. The van der Waals surface area contributed by atoms with Crippen LogP contribution in [0.25, 0.3) is 0 Å². The predicted octanol–water partition coefficient (Wildman–Crippen LogP) is 2.47. The van der Waals surface area contributed by atoms with Crippen LogP contribution in [0.4, 0.5) is 10.1 Å². The second-order valence-corrected chi connectivity index (χ2v) is 5.10. The first-order valence-electron chi connectivity index (χ1n) is 6.58. The average molecular weight is 282 g/mol. The highest BCUT2D eigenvalue weighted by molar-refractivity contribution is 7.80. The number of rotatable bonds is 4. The number of thiocarbonyl (C=S) groups is 1. The molecule has 3 nitrogen and oxygen atoms in total. The van der Waals surface area contributed by atoms with Gasteiger partial charge in [0.2, 0.25) is 0 Å². The van der Waals surface area contributed by atoms with Gasteiger partial charge in [-0.05, 0) is 31.9 Å². The molecule has 1 atom stereocenters. The van der Waals surface area contributed by atoms with Crippen molar-refractivity contribution in [3.8, 4) is 0 Å². The molecule has 0 aromatic heterocycles. The summed E-state index contributed by atoms with van der Waals surface area (Å²) in [5, 5.41) is 0. The van der Waals surface area contributed by atoms with Crippen molar-refractivity contribution >= 4 is 22.9 Å². The van der Waals surface area contributed by atoms with Crippen molar-refractivity contribution in [2.75, 3.05) is 24.6 Å². The van der Waals surface area contributed by atoms with Gasteiger partial charge in [-0.2, -0.15) is 0 Å². The van der Waals surface area contributed by atoms with Gasteiger partial charge >= 0.3 is 0 Å². The Morgan fingerprint density at radius 2 is 2.37 bits per heavy atom. The van der Waals surface area contributed by atoms with E-state index in [1.165, 1.54) is 6.07 Å². The summed E-state index contributed by atoms with van der Waals surface area (Å²) in [6.45, 7) is 4.32. The molecule has 104 valence electrons. The Morgan fingerprint density at radius 3 is 3.05 bits per heavy atom. The summed E-state index contributed by atoms with van der Waals surface area (Å²) in [7, 11) is 0. The molecule has 5 heteroatoms. The maximum absolute atomic E-state index is 13.9. The zero-order valence-corrected chi connectivity index (χ0v) is 11.9. The smallest absolute Gasteiger partial charge is 0.135 e. The minimum absolute atomic E-state index is 0.103. The first kappa shape index (κ1) is 14.2. The van der Waals surface area contributed by atoms with E-state index in [-0.39, 0.29) is 16.9 Å². The third-order valence-electron chi connectivity index (χ3n) is 3.36. The fraction of sp³-hybridized carbons (Fsp3) is 0.500. The van der Waals surface area contributed by atoms with E-state index < -0.39 is 0 Å². The average Bonchev–Trinajstić information content (AvgIpc) is 2.38. The molecule has 1 aromatic rings. The molecular weight excluding hydrogens is 263 g/mol. The third-order valence-corrected chi connectivity index (χ3v) is 3.56. The van der Waals surface area contributed by atoms with Gasteiger partial charge in [0.25, 0.3) is 0 Å². The molecule has 0 spiro atoms. The second kappa shape index (κ2) is 6.30. The number of hydrogen-bond acceptors (Lipinski definition) is 3. The zero-order valence-electron chi connectivity index (χ0n) is 11.1. The molecule has 0 aliphatic carbocycles. The number of halogens is 1. The lowest BCUT2D eigenvalue weighted by molar-refractivity contribution is 0.0526. The van der Waals surface area contributed by atoms with Crippen LogP contribution in [-0.2, 0) is 4.74 Å². The van der Waals surface area contributed by atoms with Crippen LogP contribution in [0.1, 0.15) is 25.3 Å². The monoisotopic (exact) mass is 282 g/mol. The summed E-state index contributed by atoms with van der Waals surface area (Å²) in [4.78, 5) is 2.22. The lowest BCUT2D eigenvalue weighted by Crippen LogP contribution is -2.40. The molecule has 0 radical (unpaired) electrons. The first-order chi connectivity index (χ1) is 9.13. The number of ether oxygens (including phenoxy) is 1. The molecule has 1 aliphatic heterocycles. The van der Waals surface area contributed by atoms with Crippen molar-refractivity contribution in [3.05, 3.63) is 29.6 Å². The number of nitrogens with two attached hydrogens (primary N) is 1. The molecule has 2 rings (SSSR count). The van der Waals surface area contributed by atoms with Crippen LogP contribution in [0.5, 0.6) is 0 Å². The highest BCUT2D eigenvalue weighted by Crippen LogP contribution is 2.27. The summed E-state index contributed by atoms with van der Waals surface area (Å²) in [5.74, 6) is -0.358. The highest BCUT2D eigenvalue weighted by Gasteiger charge is 2.23.